The number of nitro groups is 1. The zero-order chi connectivity index (χ0) is 26.2. The van der Waals surface area contributed by atoms with E-state index < -0.39 is 22.7 Å². The highest BCUT2D eigenvalue weighted by molar-refractivity contribution is 5.93. The Hall–Kier alpha value is -4.32. The van der Waals surface area contributed by atoms with Gasteiger partial charge in [0, 0.05) is 29.3 Å². The molecule has 0 radical (unpaired) electrons. The van der Waals surface area contributed by atoms with E-state index in [9.17, 15) is 28.1 Å². The van der Waals surface area contributed by atoms with Crippen molar-refractivity contribution in [2.24, 2.45) is 0 Å². The standard InChI is InChI=1S/C25H21F3N6O3/c26-25(27,28)22-14-20(18-6-8-19(9-7-18)34(36)37)29-23-15-21(30-33(22)23)24(35)32-12-10-31(11-13-32)16-17-4-2-1-3-5-17/h1-9,14-15H,10-13,16H2/p+1. The van der Waals surface area contributed by atoms with Crippen molar-refractivity contribution in [1.29, 1.82) is 0 Å². The summed E-state index contributed by atoms with van der Waals surface area (Å²) in [5.41, 5.74) is -0.111. The van der Waals surface area contributed by atoms with E-state index in [1.54, 1.807) is 4.90 Å². The molecule has 1 fully saturated rings. The molecule has 0 spiro atoms. The number of benzene rings is 2. The fourth-order valence-corrected chi connectivity index (χ4v) is 4.43. The Bertz CT molecular complexity index is 1450. The number of hydrogen-bond acceptors (Lipinski definition) is 5. The lowest BCUT2D eigenvalue weighted by Gasteiger charge is -2.31. The summed E-state index contributed by atoms with van der Waals surface area (Å²) in [6.45, 7) is 3.18. The molecule has 190 valence electrons. The molecule has 3 heterocycles. The quantitative estimate of drug-likeness (QED) is 0.328. The number of nitro benzene ring substituents is 1. The van der Waals surface area contributed by atoms with E-state index in [1.165, 1.54) is 40.8 Å². The van der Waals surface area contributed by atoms with Gasteiger partial charge >= 0.3 is 6.18 Å². The van der Waals surface area contributed by atoms with Crippen LogP contribution in [-0.2, 0) is 12.7 Å². The molecule has 2 aromatic carbocycles. The Morgan fingerprint density at radius 2 is 1.70 bits per heavy atom. The number of amides is 1. The second-order valence-electron chi connectivity index (χ2n) is 8.83. The van der Waals surface area contributed by atoms with Crippen molar-refractivity contribution in [2.75, 3.05) is 26.2 Å². The number of aromatic nitrogens is 3. The molecule has 12 heteroatoms. The molecule has 1 N–H and O–H groups in total. The Labute approximate surface area is 208 Å². The molecule has 1 saturated heterocycles. The molecule has 9 nitrogen and oxygen atoms in total. The minimum absolute atomic E-state index is 0.0354. The number of alkyl halides is 3. The maximum Gasteiger partial charge on any atom is 0.433 e. The van der Waals surface area contributed by atoms with Crippen LogP contribution in [0.1, 0.15) is 21.7 Å². The molecule has 1 aliphatic rings. The summed E-state index contributed by atoms with van der Waals surface area (Å²) in [7, 11) is 0. The lowest BCUT2D eigenvalue weighted by Crippen LogP contribution is -3.13. The minimum Gasteiger partial charge on any atom is -0.328 e. The highest BCUT2D eigenvalue weighted by Crippen LogP contribution is 2.32. The van der Waals surface area contributed by atoms with E-state index in [1.807, 2.05) is 18.2 Å². The molecule has 2 aromatic heterocycles. The topological polar surface area (TPSA) is 98.1 Å². The van der Waals surface area contributed by atoms with Gasteiger partial charge < -0.3 is 9.80 Å². The Morgan fingerprint density at radius 1 is 1.03 bits per heavy atom. The Kier molecular flexibility index (Phi) is 6.34. The van der Waals surface area contributed by atoms with Crippen LogP contribution in [0.15, 0.2) is 66.7 Å². The number of rotatable bonds is 5. The van der Waals surface area contributed by atoms with Gasteiger partial charge in [0.05, 0.1) is 36.8 Å². The van der Waals surface area contributed by atoms with Crippen LogP contribution in [0.2, 0.25) is 0 Å². The van der Waals surface area contributed by atoms with Crippen molar-refractivity contribution < 1.29 is 27.8 Å². The van der Waals surface area contributed by atoms with E-state index in [0.717, 1.165) is 12.6 Å². The average molecular weight is 511 g/mol. The smallest absolute Gasteiger partial charge is 0.328 e. The van der Waals surface area contributed by atoms with Crippen LogP contribution in [0.5, 0.6) is 0 Å². The average Bonchev–Trinajstić information content (AvgIpc) is 3.32. The minimum atomic E-state index is -4.77. The summed E-state index contributed by atoms with van der Waals surface area (Å²) in [4.78, 5) is 30.6. The number of fused-ring (bicyclic) bond motifs is 1. The zero-order valence-corrected chi connectivity index (χ0v) is 19.5. The van der Waals surface area contributed by atoms with Gasteiger partial charge in [-0.15, -0.1) is 0 Å². The number of nitrogens with one attached hydrogen (secondary N) is 1. The SMILES string of the molecule is O=C(c1cc2nc(-c3ccc([N+](=O)[O-])cc3)cc(C(F)(F)F)n2n1)N1CC[NH+](Cc2ccccc2)CC1. The summed E-state index contributed by atoms with van der Waals surface area (Å²) < 4.78 is 42.3. The van der Waals surface area contributed by atoms with Gasteiger partial charge in [0.15, 0.2) is 17.0 Å². The summed E-state index contributed by atoms with van der Waals surface area (Å²) in [5, 5.41) is 14.9. The van der Waals surface area contributed by atoms with Gasteiger partial charge in [-0.1, -0.05) is 30.3 Å². The largest absolute Gasteiger partial charge is 0.433 e. The molecule has 1 aliphatic heterocycles. The number of quaternary nitrogens is 1. The maximum atomic E-state index is 13.9. The van der Waals surface area contributed by atoms with Gasteiger partial charge in [-0.05, 0) is 18.2 Å². The van der Waals surface area contributed by atoms with Crippen LogP contribution >= 0.6 is 0 Å². The van der Waals surface area contributed by atoms with E-state index in [0.29, 0.717) is 30.7 Å². The molecule has 4 aromatic rings. The number of nitrogens with zero attached hydrogens (tertiary/aromatic N) is 5. The molecule has 1 amide bonds. The van der Waals surface area contributed by atoms with Gasteiger partial charge in [-0.2, -0.15) is 18.3 Å². The predicted octanol–water partition coefficient (Wildman–Crippen LogP) is 2.86. The molecular formula is C25H22F3N6O3+. The fourth-order valence-electron chi connectivity index (χ4n) is 4.43. The van der Waals surface area contributed by atoms with Crippen LogP contribution in [0.25, 0.3) is 16.9 Å². The lowest BCUT2D eigenvalue weighted by molar-refractivity contribution is -0.917. The summed E-state index contributed by atoms with van der Waals surface area (Å²) >= 11 is 0. The van der Waals surface area contributed by atoms with Crippen molar-refractivity contribution in [2.45, 2.75) is 12.7 Å². The number of halogens is 3. The van der Waals surface area contributed by atoms with Crippen molar-refractivity contribution in [3.63, 3.8) is 0 Å². The number of non-ortho nitro benzene ring substituents is 1. The molecule has 5 rings (SSSR count). The van der Waals surface area contributed by atoms with E-state index in [-0.39, 0.29) is 28.3 Å². The van der Waals surface area contributed by atoms with Crippen LogP contribution in [0.4, 0.5) is 18.9 Å². The third-order valence-electron chi connectivity index (χ3n) is 6.37. The first-order valence-corrected chi connectivity index (χ1v) is 11.6. The Morgan fingerprint density at radius 3 is 2.32 bits per heavy atom. The first kappa shape index (κ1) is 24.4. The van der Waals surface area contributed by atoms with E-state index >= 15 is 0 Å². The van der Waals surface area contributed by atoms with Gasteiger partial charge in [-0.3, -0.25) is 14.9 Å². The van der Waals surface area contributed by atoms with Crippen LogP contribution in [0.3, 0.4) is 0 Å². The number of piperazine rings is 1. The molecular weight excluding hydrogens is 489 g/mol. The molecule has 0 saturated carbocycles. The number of carbonyl (C=O) groups excluding carboxylic acids is 1. The van der Waals surface area contributed by atoms with E-state index in [2.05, 4.69) is 22.2 Å². The van der Waals surface area contributed by atoms with Crippen molar-refractivity contribution >= 4 is 17.2 Å². The lowest BCUT2D eigenvalue weighted by atomic mass is 10.1. The van der Waals surface area contributed by atoms with Gasteiger partial charge in [0.1, 0.15) is 6.54 Å². The first-order valence-electron chi connectivity index (χ1n) is 11.6. The predicted molar refractivity (Wildman–Crippen MR) is 127 cm³/mol. The molecule has 0 atom stereocenters. The second kappa shape index (κ2) is 9.62. The molecule has 0 aliphatic carbocycles. The first-order chi connectivity index (χ1) is 17.7. The van der Waals surface area contributed by atoms with Gasteiger partial charge in [0.25, 0.3) is 11.6 Å². The fraction of sp³-hybridized carbons (Fsp3) is 0.240. The van der Waals surface area contributed by atoms with Crippen molar-refractivity contribution in [3.8, 4) is 11.3 Å². The van der Waals surface area contributed by atoms with Crippen LogP contribution < -0.4 is 4.90 Å². The molecule has 37 heavy (non-hydrogen) atoms. The second-order valence-corrected chi connectivity index (χ2v) is 8.83. The normalized spacial score (nSPS) is 14.7. The summed E-state index contributed by atoms with van der Waals surface area (Å²) in [5.74, 6) is -0.450. The third kappa shape index (κ3) is 5.14. The maximum absolute atomic E-state index is 13.9. The highest BCUT2D eigenvalue weighted by Gasteiger charge is 2.36. The van der Waals surface area contributed by atoms with Crippen molar-refractivity contribution in [1.82, 2.24) is 19.5 Å². The van der Waals surface area contributed by atoms with Crippen LogP contribution in [0, 0.1) is 10.1 Å². The summed E-state index contributed by atoms with van der Waals surface area (Å²) in [6, 6.07) is 17.1. The Balaban J connectivity index is 1.39. The van der Waals surface area contributed by atoms with Crippen molar-refractivity contribution in [3.05, 3.63) is 93.8 Å². The molecule has 0 bridgehead atoms. The zero-order valence-electron chi connectivity index (χ0n) is 19.5. The number of hydrogen-bond donors (Lipinski definition) is 1. The highest BCUT2D eigenvalue weighted by atomic mass is 19.4. The monoisotopic (exact) mass is 511 g/mol. The number of carbonyl (C=O) groups is 1. The molecule has 0 unspecified atom stereocenters. The van der Waals surface area contributed by atoms with E-state index in [4.69, 9.17) is 0 Å². The summed E-state index contributed by atoms with van der Waals surface area (Å²) in [6.07, 6.45) is -4.77. The van der Waals surface area contributed by atoms with Gasteiger partial charge in [-0.25, -0.2) is 9.50 Å². The van der Waals surface area contributed by atoms with Gasteiger partial charge in [0.2, 0.25) is 0 Å². The third-order valence-corrected chi connectivity index (χ3v) is 6.37. The van der Waals surface area contributed by atoms with Crippen LogP contribution in [-0.4, -0.2) is 56.5 Å².